The molecule has 0 radical (unpaired) electrons. The van der Waals surface area contributed by atoms with Crippen LogP contribution in [0.2, 0.25) is 0 Å². The highest BCUT2D eigenvalue weighted by Crippen LogP contribution is 2.28. The highest BCUT2D eigenvalue weighted by molar-refractivity contribution is 7.98. The molecular weight excluding hydrogens is 324 g/mol. The predicted molar refractivity (Wildman–Crippen MR) is 97.1 cm³/mol. The number of fused-ring (bicyclic) bond motifs is 1. The molecule has 0 saturated carbocycles. The lowest BCUT2D eigenvalue weighted by molar-refractivity contribution is 0.417. The Morgan fingerprint density at radius 2 is 2.00 bits per heavy atom. The van der Waals surface area contributed by atoms with Gasteiger partial charge in [0.25, 0.3) is 0 Å². The minimum Gasteiger partial charge on any atom is -0.495 e. The molecule has 126 valence electrons. The van der Waals surface area contributed by atoms with E-state index in [1.165, 1.54) is 0 Å². The van der Waals surface area contributed by atoms with Gasteiger partial charge in [0.05, 0.1) is 18.5 Å². The molecule has 0 unspecified atom stereocenters. The molecule has 2 aromatic heterocycles. The third-order valence-corrected chi connectivity index (χ3v) is 4.72. The fraction of sp³-hybridized carbons (Fsp3) is 0.312. The summed E-state index contributed by atoms with van der Waals surface area (Å²) in [6.07, 6.45) is 0.776. The lowest BCUT2D eigenvalue weighted by Crippen LogP contribution is -2.00. The zero-order chi connectivity index (χ0) is 17.3. The molecule has 0 bridgehead atoms. The Morgan fingerprint density at radius 1 is 1.21 bits per heavy atom. The lowest BCUT2D eigenvalue weighted by Gasteiger charge is -2.07. The van der Waals surface area contributed by atoms with Gasteiger partial charge < -0.3 is 16.2 Å². The van der Waals surface area contributed by atoms with E-state index in [9.17, 15) is 0 Å². The van der Waals surface area contributed by atoms with Crippen molar-refractivity contribution in [1.82, 2.24) is 19.5 Å². The average molecular weight is 344 g/mol. The van der Waals surface area contributed by atoms with Gasteiger partial charge in [-0.1, -0.05) is 24.8 Å². The first kappa shape index (κ1) is 16.4. The van der Waals surface area contributed by atoms with E-state index in [0.717, 1.165) is 34.6 Å². The Balaban J connectivity index is 1.87. The third-order valence-electron chi connectivity index (χ3n) is 3.80. The standard InChI is InChI=1S/C16H20N6OS/c1-4-11-13-14(22(2)15(18)20-13)21-16(19-11)24-8-9-5-6-12(23-3)10(17)7-9/h5-7H,4,8,17H2,1-3H3,(H2,18,20). The number of nitrogen functional groups attached to an aromatic ring is 2. The summed E-state index contributed by atoms with van der Waals surface area (Å²) in [4.78, 5) is 13.6. The average Bonchev–Trinajstić information content (AvgIpc) is 2.87. The van der Waals surface area contributed by atoms with Crippen LogP contribution in [-0.2, 0) is 19.2 Å². The zero-order valence-electron chi connectivity index (χ0n) is 13.9. The van der Waals surface area contributed by atoms with E-state index in [1.54, 1.807) is 23.4 Å². The van der Waals surface area contributed by atoms with Crippen molar-refractivity contribution in [2.24, 2.45) is 7.05 Å². The zero-order valence-corrected chi connectivity index (χ0v) is 14.7. The summed E-state index contributed by atoms with van der Waals surface area (Å²) in [7, 11) is 3.46. The summed E-state index contributed by atoms with van der Waals surface area (Å²) in [5, 5.41) is 0.705. The fourth-order valence-electron chi connectivity index (χ4n) is 2.44. The van der Waals surface area contributed by atoms with Gasteiger partial charge in [0, 0.05) is 12.8 Å². The number of rotatable bonds is 5. The number of ether oxygens (including phenoxy) is 1. The van der Waals surface area contributed by atoms with E-state index in [1.807, 2.05) is 32.2 Å². The summed E-state index contributed by atoms with van der Waals surface area (Å²) in [5.74, 6) is 1.84. The molecule has 3 aromatic rings. The van der Waals surface area contributed by atoms with Crippen molar-refractivity contribution < 1.29 is 4.74 Å². The van der Waals surface area contributed by atoms with Crippen molar-refractivity contribution in [3.63, 3.8) is 0 Å². The maximum absolute atomic E-state index is 5.95. The topological polar surface area (TPSA) is 105 Å². The Hall–Kier alpha value is -2.48. The van der Waals surface area contributed by atoms with Crippen molar-refractivity contribution in [3.05, 3.63) is 29.5 Å². The number of aryl methyl sites for hydroxylation is 2. The summed E-state index contributed by atoms with van der Waals surface area (Å²) >= 11 is 1.56. The number of benzene rings is 1. The molecule has 2 heterocycles. The number of anilines is 2. The molecule has 1 aromatic carbocycles. The number of nitrogens with two attached hydrogens (primary N) is 2. The highest BCUT2D eigenvalue weighted by Gasteiger charge is 2.14. The van der Waals surface area contributed by atoms with Crippen LogP contribution in [0.5, 0.6) is 5.75 Å². The largest absolute Gasteiger partial charge is 0.495 e. The van der Waals surface area contributed by atoms with Gasteiger partial charge in [-0.05, 0) is 24.1 Å². The Morgan fingerprint density at radius 3 is 2.67 bits per heavy atom. The number of hydrogen-bond acceptors (Lipinski definition) is 7. The second-order valence-corrected chi connectivity index (χ2v) is 6.32. The number of imidazole rings is 1. The van der Waals surface area contributed by atoms with Gasteiger partial charge in [-0.3, -0.25) is 4.57 Å². The smallest absolute Gasteiger partial charge is 0.202 e. The molecule has 0 spiro atoms. The van der Waals surface area contributed by atoms with E-state index < -0.39 is 0 Å². The normalized spacial score (nSPS) is 11.1. The van der Waals surface area contributed by atoms with Crippen molar-refractivity contribution >= 4 is 34.6 Å². The van der Waals surface area contributed by atoms with Gasteiger partial charge in [0.15, 0.2) is 10.8 Å². The van der Waals surface area contributed by atoms with Crippen molar-refractivity contribution in [2.75, 3.05) is 18.6 Å². The SMILES string of the molecule is CCc1nc(SCc2ccc(OC)c(N)c2)nc2c1nc(N)n2C. The Labute approximate surface area is 144 Å². The van der Waals surface area contributed by atoms with Crippen LogP contribution in [0.1, 0.15) is 18.2 Å². The van der Waals surface area contributed by atoms with Crippen LogP contribution in [0.25, 0.3) is 11.2 Å². The van der Waals surface area contributed by atoms with Gasteiger partial charge >= 0.3 is 0 Å². The first-order chi connectivity index (χ1) is 11.5. The summed E-state index contributed by atoms with van der Waals surface area (Å²) in [6, 6.07) is 5.77. The highest BCUT2D eigenvalue weighted by atomic mass is 32.2. The maximum atomic E-state index is 5.95. The van der Waals surface area contributed by atoms with Crippen molar-refractivity contribution in [3.8, 4) is 5.75 Å². The van der Waals surface area contributed by atoms with E-state index in [-0.39, 0.29) is 0 Å². The first-order valence-electron chi connectivity index (χ1n) is 7.57. The van der Waals surface area contributed by atoms with Crippen LogP contribution in [0.3, 0.4) is 0 Å². The minimum absolute atomic E-state index is 0.444. The molecule has 0 aliphatic carbocycles. The second kappa shape index (κ2) is 6.56. The quantitative estimate of drug-likeness (QED) is 0.416. The van der Waals surface area contributed by atoms with Crippen LogP contribution < -0.4 is 16.2 Å². The predicted octanol–water partition coefficient (Wildman–Crippen LogP) is 2.39. The van der Waals surface area contributed by atoms with E-state index in [4.69, 9.17) is 16.2 Å². The minimum atomic E-state index is 0.444. The van der Waals surface area contributed by atoms with Gasteiger partial charge in [0.1, 0.15) is 11.3 Å². The van der Waals surface area contributed by atoms with Crippen LogP contribution in [0.4, 0.5) is 11.6 Å². The fourth-order valence-corrected chi connectivity index (χ4v) is 3.25. The van der Waals surface area contributed by atoms with Crippen LogP contribution in [0.15, 0.2) is 23.4 Å². The third kappa shape index (κ3) is 2.96. The van der Waals surface area contributed by atoms with Gasteiger partial charge in [-0.25, -0.2) is 15.0 Å². The van der Waals surface area contributed by atoms with E-state index in [2.05, 4.69) is 15.0 Å². The maximum Gasteiger partial charge on any atom is 0.202 e. The molecule has 7 nitrogen and oxygen atoms in total. The first-order valence-corrected chi connectivity index (χ1v) is 8.56. The Bertz CT molecular complexity index is 892. The van der Waals surface area contributed by atoms with Crippen molar-refractivity contribution in [2.45, 2.75) is 24.3 Å². The molecule has 0 fully saturated rings. The molecule has 24 heavy (non-hydrogen) atoms. The lowest BCUT2D eigenvalue weighted by atomic mass is 10.2. The number of thioether (sulfide) groups is 1. The van der Waals surface area contributed by atoms with Crippen LogP contribution in [0, 0.1) is 0 Å². The number of methoxy groups -OCH3 is 1. The molecular formula is C16H20N6OS. The van der Waals surface area contributed by atoms with E-state index >= 15 is 0 Å². The molecule has 4 N–H and O–H groups in total. The van der Waals surface area contributed by atoms with Crippen LogP contribution in [-0.4, -0.2) is 26.6 Å². The Kier molecular flexibility index (Phi) is 4.48. The molecule has 3 rings (SSSR count). The van der Waals surface area contributed by atoms with Gasteiger partial charge in [0.2, 0.25) is 5.95 Å². The molecule has 0 aliphatic rings. The monoisotopic (exact) mass is 344 g/mol. The second-order valence-electron chi connectivity index (χ2n) is 5.37. The molecule has 8 heteroatoms. The number of nitrogens with zero attached hydrogens (tertiary/aromatic N) is 4. The summed E-state index contributed by atoms with van der Waals surface area (Å²) < 4.78 is 6.96. The van der Waals surface area contributed by atoms with Crippen molar-refractivity contribution in [1.29, 1.82) is 0 Å². The molecule has 0 saturated heterocycles. The molecule has 0 atom stereocenters. The summed E-state index contributed by atoms with van der Waals surface area (Å²) in [6.45, 7) is 2.05. The number of hydrogen-bond donors (Lipinski definition) is 2. The van der Waals surface area contributed by atoms with Gasteiger partial charge in [-0.2, -0.15) is 0 Å². The van der Waals surface area contributed by atoms with Crippen LogP contribution >= 0.6 is 11.8 Å². The molecule has 0 amide bonds. The van der Waals surface area contributed by atoms with Gasteiger partial charge in [-0.15, -0.1) is 0 Å². The summed E-state index contributed by atoms with van der Waals surface area (Å²) in [5.41, 5.74) is 16.0. The molecule has 0 aliphatic heterocycles. The van der Waals surface area contributed by atoms with E-state index in [0.29, 0.717) is 22.5 Å². The number of aromatic nitrogens is 4.